The maximum Gasteiger partial charge on any atom is 0.280 e. The Hall–Kier alpha value is -3.57. The van der Waals surface area contributed by atoms with E-state index < -0.39 is 23.4 Å². The summed E-state index contributed by atoms with van der Waals surface area (Å²) < 4.78 is 32.8. The molecule has 1 saturated carbocycles. The summed E-state index contributed by atoms with van der Waals surface area (Å²) in [6.45, 7) is 3.58. The van der Waals surface area contributed by atoms with Gasteiger partial charge in [-0.3, -0.25) is 25.6 Å². The Morgan fingerprint density at radius 1 is 1.21 bits per heavy atom. The summed E-state index contributed by atoms with van der Waals surface area (Å²) in [6, 6.07) is 2.99. The number of halogens is 2. The number of hydrazine groups is 1. The average Bonchev–Trinajstić information content (AvgIpc) is 3.84. The van der Waals surface area contributed by atoms with Crippen molar-refractivity contribution < 1.29 is 18.3 Å². The molecule has 3 heterocycles. The van der Waals surface area contributed by atoms with Crippen LogP contribution in [-0.2, 0) is 0 Å². The van der Waals surface area contributed by atoms with Crippen LogP contribution in [0.15, 0.2) is 35.7 Å². The highest BCUT2D eigenvalue weighted by molar-refractivity contribution is 8.00. The monoisotopic (exact) mass is 598 g/mol. The number of hydrogen-bond acceptors (Lipinski definition) is 10. The summed E-state index contributed by atoms with van der Waals surface area (Å²) in [4.78, 5) is 26.5. The van der Waals surface area contributed by atoms with E-state index in [0.29, 0.717) is 22.7 Å². The third kappa shape index (κ3) is 8.48. The van der Waals surface area contributed by atoms with E-state index in [9.17, 15) is 13.6 Å². The van der Waals surface area contributed by atoms with Gasteiger partial charge in [-0.2, -0.15) is 0 Å². The van der Waals surface area contributed by atoms with E-state index in [1.807, 2.05) is 6.92 Å². The Morgan fingerprint density at radius 3 is 2.62 bits per heavy atom. The molecule has 0 spiro atoms. The van der Waals surface area contributed by atoms with Gasteiger partial charge in [-0.25, -0.2) is 14.2 Å². The number of nitrogens with zero attached hydrogens (tertiary/aromatic N) is 3. The number of ether oxygens (including phenoxy) is 1. The van der Waals surface area contributed by atoms with Crippen molar-refractivity contribution in [3.8, 4) is 28.7 Å². The molecule has 2 aromatic heterocycles. The van der Waals surface area contributed by atoms with Crippen molar-refractivity contribution in [3.05, 3.63) is 47.7 Å². The molecule has 2 atom stereocenters. The molecule has 224 valence electrons. The summed E-state index contributed by atoms with van der Waals surface area (Å²) in [6.07, 6.45) is 6.81. The predicted molar refractivity (Wildman–Crippen MR) is 162 cm³/mol. The number of aliphatic imine (C=N–C) groups is 1. The molecule has 2 unspecified atom stereocenters. The van der Waals surface area contributed by atoms with Crippen LogP contribution in [0.25, 0.3) is 16.7 Å². The quantitative estimate of drug-likeness (QED) is 0.0863. The smallest absolute Gasteiger partial charge is 0.280 e. The van der Waals surface area contributed by atoms with Gasteiger partial charge in [0, 0.05) is 41.2 Å². The van der Waals surface area contributed by atoms with Crippen molar-refractivity contribution in [2.45, 2.75) is 55.8 Å². The number of amides is 1. The fraction of sp³-hybridized carbons (Fsp3) is 0.448. The minimum absolute atomic E-state index is 0.152. The van der Waals surface area contributed by atoms with Crippen molar-refractivity contribution >= 4 is 29.5 Å². The Balaban J connectivity index is 1.67. The van der Waals surface area contributed by atoms with E-state index in [-0.39, 0.29) is 28.3 Å². The highest BCUT2D eigenvalue weighted by Gasteiger charge is 2.23. The lowest BCUT2D eigenvalue weighted by atomic mass is 9.97. The van der Waals surface area contributed by atoms with E-state index in [1.54, 1.807) is 12.3 Å². The minimum atomic E-state index is -2.82. The molecule has 2 aliphatic rings. The number of hydrogen-bond donors (Lipinski definition) is 5. The Kier molecular flexibility index (Phi) is 11.2. The van der Waals surface area contributed by atoms with Crippen molar-refractivity contribution in [1.82, 2.24) is 26.0 Å². The zero-order chi connectivity index (χ0) is 30.1. The molecule has 1 aliphatic heterocycles. The van der Waals surface area contributed by atoms with Gasteiger partial charge in [-0.15, -0.1) is 11.8 Å². The molecule has 1 saturated heterocycles. The van der Waals surface area contributed by atoms with Crippen molar-refractivity contribution in [1.29, 1.82) is 0 Å². The Bertz CT molecular complexity index is 1370. The molecule has 0 radical (unpaired) electrons. The van der Waals surface area contributed by atoms with E-state index in [4.69, 9.17) is 16.3 Å². The summed E-state index contributed by atoms with van der Waals surface area (Å²) in [7, 11) is 1.41. The number of methoxy groups -OCH3 is 1. The van der Waals surface area contributed by atoms with Crippen molar-refractivity contribution in [2.24, 2.45) is 22.5 Å². The second kappa shape index (κ2) is 15.1. The molecule has 1 aliphatic carbocycles. The topological polar surface area (TPSA) is 153 Å². The first-order valence-corrected chi connectivity index (χ1v) is 14.7. The summed E-state index contributed by atoms with van der Waals surface area (Å²) >= 11 is 1.34. The lowest BCUT2D eigenvalue weighted by Gasteiger charge is -2.20. The number of rotatable bonds is 11. The molecule has 10 nitrogen and oxygen atoms in total. The van der Waals surface area contributed by atoms with Gasteiger partial charge in [0.25, 0.3) is 12.3 Å². The van der Waals surface area contributed by atoms with Crippen LogP contribution in [0.4, 0.5) is 8.78 Å². The summed E-state index contributed by atoms with van der Waals surface area (Å²) in [5, 5.41) is 5.45. The number of aromatic nitrogens is 2. The van der Waals surface area contributed by atoms with Gasteiger partial charge in [-0.05, 0) is 57.8 Å². The normalized spacial score (nSPS) is 17.5. The van der Waals surface area contributed by atoms with Gasteiger partial charge in [0.1, 0.15) is 16.8 Å². The molecular formula is C29H36F2N8O2S. The van der Waals surface area contributed by atoms with Gasteiger partial charge < -0.3 is 21.1 Å². The first kappa shape index (κ1) is 31.4. The molecule has 42 heavy (non-hydrogen) atoms. The van der Waals surface area contributed by atoms with Crippen LogP contribution in [0.5, 0.6) is 5.75 Å². The number of pyridine rings is 2. The number of piperidine rings is 1. The maximum absolute atomic E-state index is 13.7. The van der Waals surface area contributed by atoms with E-state index in [0.717, 1.165) is 38.8 Å². The van der Waals surface area contributed by atoms with Gasteiger partial charge in [0.05, 0.1) is 36.0 Å². The number of nitrogens with one attached hydrogen (secondary N) is 3. The second-order valence-corrected chi connectivity index (χ2v) is 11.4. The van der Waals surface area contributed by atoms with E-state index in [1.165, 1.54) is 43.5 Å². The third-order valence-corrected chi connectivity index (χ3v) is 7.85. The lowest BCUT2D eigenvalue weighted by Crippen LogP contribution is -2.37. The second-order valence-electron chi connectivity index (χ2n) is 9.97. The van der Waals surface area contributed by atoms with Gasteiger partial charge in [0.2, 0.25) is 0 Å². The first-order valence-electron chi connectivity index (χ1n) is 13.7. The van der Waals surface area contributed by atoms with Crippen LogP contribution in [-0.4, -0.2) is 59.1 Å². The number of carbonyl (C=O) groups excluding carboxylic acids is 1. The SMILES string of the molecule is COc1cnc(C(F)F)cc1-c1cc(/C(C=NC2CCNCC2)=C/N)ncc1C(=O)NC(C)SC(C#CC1CC1)NN. The maximum atomic E-state index is 13.7. The molecule has 0 bridgehead atoms. The fourth-order valence-corrected chi connectivity index (χ4v) is 5.14. The van der Waals surface area contributed by atoms with Crippen LogP contribution >= 0.6 is 11.8 Å². The van der Waals surface area contributed by atoms with E-state index >= 15 is 0 Å². The van der Waals surface area contributed by atoms with Crippen LogP contribution in [0.1, 0.15) is 60.8 Å². The van der Waals surface area contributed by atoms with Crippen LogP contribution in [0.3, 0.4) is 0 Å². The zero-order valence-electron chi connectivity index (χ0n) is 23.6. The number of alkyl halides is 2. The first-order chi connectivity index (χ1) is 20.3. The Morgan fingerprint density at radius 2 is 1.98 bits per heavy atom. The van der Waals surface area contributed by atoms with Crippen LogP contribution in [0.2, 0.25) is 0 Å². The van der Waals surface area contributed by atoms with Crippen molar-refractivity contribution in [2.75, 3.05) is 20.2 Å². The van der Waals surface area contributed by atoms with Gasteiger partial charge >= 0.3 is 0 Å². The average molecular weight is 599 g/mol. The largest absolute Gasteiger partial charge is 0.494 e. The summed E-state index contributed by atoms with van der Waals surface area (Å²) in [5.41, 5.74) is 9.85. The van der Waals surface area contributed by atoms with Crippen LogP contribution in [0, 0.1) is 17.8 Å². The van der Waals surface area contributed by atoms with Crippen molar-refractivity contribution in [3.63, 3.8) is 0 Å². The number of nitrogens with two attached hydrogens (primary N) is 2. The minimum Gasteiger partial charge on any atom is -0.494 e. The molecule has 4 rings (SSSR count). The molecular weight excluding hydrogens is 562 g/mol. The molecule has 1 amide bonds. The van der Waals surface area contributed by atoms with Crippen LogP contribution < -0.4 is 32.4 Å². The standard InChI is InChI=1S/C29H36F2N8O2S/c1-17(42-27(39-33)6-5-18-3-4-18)38-29(40)23-15-36-24(19(13-32)14-35-20-7-9-34-10-8-20)11-21(23)22-12-25(28(30)31)37-16-26(22)41-2/h11-18,20,27-28,34,39H,3-4,7-10,32-33H2,1-2H3,(H,38,40)/b19-13+,35-14?. The zero-order valence-corrected chi connectivity index (χ0v) is 24.4. The highest BCUT2D eigenvalue weighted by Crippen LogP contribution is 2.35. The molecule has 13 heteroatoms. The highest BCUT2D eigenvalue weighted by atomic mass is 32.2. The lowest BCUT2D eigenvalue weighted by molar-refractivity contribution is 0.0952. The fourth-order valence-electron chi connectivity index (χ4n) is 4.34. The Labute approximate surface area is 248 Å². The van der Waals surface area contributed by atoms with Gasteiger partial charge in [-0.1, -0.05) is 11.8 Å². The van der Waals surface area contributed by atoms with E-state index in [2.05, 4.69) is 42.9 Å². The number of carbonyl (C=O) groups is 1. The molecule has 7 N–H and O–H groups in total. The molecule has 0 aromatic carbocycles. The predicted octanol–water partition coefficient (Wildman–Crippen LogP) is 3.22. The molecule has 2 fully saturated rings. The van der Waals surface area contributed by atoms with Gasteiger partial charge in [0.15, 0.2) is 0 Å². The number of allylic oxidation sites excluding steroid dienone is 1. The molecule has 2 aromatic rings. The number of thioether (sulfide) groups is 1. The third-order valence-electron chi connectivity index (χ3n) is 6.80. The summed E-state index contributed by atoms with van der Waals surface area (Å²) in [5.74, 6) is 12.1.